The van der Waals surface area contributed by atoms with Crippen LogP contribution in [0.15, 0.2) is 12.1 Å². The largest absolute Gasteiger partial charge is 0.493 e. The number of benzene rings is 1. The van der Waals surface area contributed by atoms with Gasteiger partial charge in [-0.3, -0.25) is 9.59 Å². The van der Waals surface area contributed by atoms with E-state index in [4.69, 9.17) is 9.47 Å². The van der Waals surface area contributed by atoms with Crippen LogP contribution in [0.3, 0.4) is 0 Å². The van der Waals surface area contributed by atoms with Crippen LogP contribution in [0.2, 0.25) is 0 Å². The highest BCUT2D eigenvalue weighted by atomic mass is 16.5. The van der Waals surface area contributed by atoms with Crippen LogP contribution in [0, 0.1) is 0 Å². The predicted octanol–water partition coefficient (Wildman–Crippen LogP) is 1.50. The van der Waals surface area contributed by atoms with Gasteiger partial charge in [0.25, 0.3) is 0 Å². The van der Waals surface area contributed by atoms with Crippen molar-refractivity contribution in [3.05, 3.63) is 23.3 Å². The normalized spacial score (nSPS) is 13.5. The fourth-order valence-electron chi connectivity index (χ4n) is 2.72. The van der Waals surface area contributed by atoms with Gasteiger partial charge in [-0.15, -0.1) is 0 Å². The highest BCUT2D eigenvalue weighted by Gasteiger charge is 2.24. The van der Waals surface area contributed by atoms with Crippen molar-refractivity contribution in [2.24, 2.45) is 0 Å². The number of methoxy groups -OCH3 is 2. The number of hydrogen-bond donors (Lipinski definition) is 1. The first-order valence-electron chi connectivity index (χ1n) is 7.75. The van der Waals surface area contributed by atoms with Crippen LogP contribution < -0.4 is 14.8 Å². The Labute approximate surface area is 136 Å². The van der Waals surface area contributed by atoms with Crippen LogP contribution in [0.4, 0.5) is 0 Å². The molecule has 23 heavy (non-hydrogen) atoms. The predicted molar refractivity (Wildman–Crippen MR) is 86.6 cm³/mol. The van der Waals surface area contributed by atoms with Gasteiger partial charge in [0, 0.05) is 19.1 Å². The lowest BCUT2D eigenvalue weighted by Crippen LogP contribution is -2.40. The Morgan fingerprint density at radius 3 is 2.35 bits per heavy atom. The second-order valence-electron chi connectivity index (χ2n) is 5.94. The summed E-state index contributed by atoms with van der Waals surface area (Å²) in [6.45, 7) is 4.85. The van der Waals surface area contributed by atoms with E-state index in [2.05, 4.69) is 5.32 Å². The average molecular weight is 320 g/mol. The summed E-state index contributed by atoms with van der Waals surface area (Å²) in [5.74, 6) is 0.965. The number of rotatable bonds is 5. The molecule has 2 amide bonds. The summed E-state index contributed by atoms with van der Waals surface area (Å²) in [4.78, 5) is 25.7. The summed E-state index contributed by atoms with van der Waals surface area (Å²) in [6, 6.07) is 3.90. The number of hydrogen-bond acceptors (Lipinski definition) is 4. The Bertz CT molecular complexity index is 599. The van der Waals surface area contributed by atoms with Gasteiger partial charge in [-0.2, -0.15) is 0 Å². The molecule has 1 N–H and O–H groups in total. The molecule has 126 valence electrons. The lowest BCUT2D eigenvalue weighted by molar-refractivity contribution is -0.136. The average Bonchev–Trinajstić information content (AvgIpc) is 2.51. The Kier molecular flexibility index (Phi) is 5.47. The molecule has 0 fully saturated rings. The monoisotopic (exact) mass is 320 g/mol. The number of ether oxygens (including phenoxy) is 2. The molecule has 1 aliphatic rings. The summed E-state index contributed by atoms with van der Waals surface area (Å²) in [5.41, 5.74) is 2.19. The highest BCUT2D eigenvalue weighted by Crippen LogP contribution is 2.33. The van der Waals surface area contributed by atoms with E-state index in [1.54, 1.807) is 19.1 Å². The fraction of sp³-hybridized carbons (Fsp3) is 0.529. The molecule has 0 spiro atoms. The quantitative estimate of drug-likeness (QED) is 0.835. The Hall–Kier alpha value is -2.24. The summed E-state index contributed by atoms with van der Waals surface area (Å²) in [7, 11) is 3.20. The molecule has 1 heterocycles. The first kappa shape index (κ1) is 17.1. The maximum atomic E-state index is 12.3. The third-order valence-electron chi connectivity index (χ3n) is 3.83. The first-order valence-corrected chi connectivity index (χ1v) is 7.75. The second kappa shape index (κ2) is 7.35. The van der Waals surface area contributed by atoms with E-state index in [0.29, 0.717) is 24.6 Å². The maximum Gasteiger partial charge on any atom is 0.232 e. The smallest absolute Gasteiger partial charge is 0.232 e. The molecular weight excluding hydrogens is 296 g/mol. The van der Waals surface area contributed by atoms with Gasteiger partial charge < -0.3 is 19.7 Å². The fourth-order valence-corrected chi connectivity index (χ4v) is 2.72. The summed E-state index contributed by atoms with van der Waals surface area (Å²) >= 11 is 0. The number of nitrogens with one attached hydrogen (secondary N) is 1. The molecule has 0 unspecified atom stereocenters. The molecule has 1 aliphatic heterocycles. The molecule has 6 nitrogen and oxygen atoms in total. The van der Waals surface area contributed by atoms with Gasteiger partial charge in [-0.05, 0) is 43.5 Å². The zero-order chi connectivity index (χ0) is 17.0. The van der Waals surface area contributed by atoms with Crippen molar-refractivity contribution in [2.75, 3.05) is 20.8 Å². The molecule has 6 heteroatoms. The third kappa shape index (κ3) is 4.15. The van der Waals surface area contributed by atoms with Gasteiger partial charge in [-0.25, -0.2) is 0 Å². The molecule has 0 saturated heterocycles. The molecule has 0 bridgehead atoms. The molecule has 0 atom stereocenters. The summed E-state index contributed by atoms with van der Waals surface area (Å²) in [6.07, 6.45) is 0.633. The molecule has 0 radical (unpaired) electrons. The van der Waals surface area contributed by atoms with Crippen LogP contribution in [0.25, 0.3) is 0 Å². The summed E-state index contributed by atoms with van der Waals surface area (Å²) in [5, 5.41) is 2.74. The minimum absolute atomic E-state index is 0.0362. The van der Waals surface area contributed by atoms with Gasteiger partial charge >= 0.3 is 0 Å². The van der Waals surface area contributed by atoms with Gasteiger partial charge in [0.15, 0.2) is 11.5 Å². The van der Waals surface area contributed by atoms with Crippen LogP contribution >= 0.6 is 0 Å². The van der Waals surface area contributed by atoms with Gasteiger partial charge in [0.2, 0.25) is 11.8 Å². The van der Waals surface area contributed by atoms with E-state index in [0.717, 1.165) is 17.5 Å². The van der Waals surface area contributed by atoms with Crippen LogP contribution in [-0.2, 0) is 22.6 Å². The van der Waals surface area contributed by atoms with E-state index in [9.17, 15) is 9.59 Å². The Balaban J connectivity index is 2.07. The molecule has 0 saturated carbocycles. The lowest BCUT2D eigenvalue weighted by atomic mass is 9.98. The molecule has 2 rings (SSSR count). The van der Waals surface area contributed by atoms with Gasteiger partial charge in [0.05, 0.1) is 14.2 Å². The van der Waals surface area contributed by atoms with Crippen LogP contribution in [0.5, 0.6) is 11.5 Å². The maximum absolute atomic E-state index is 12.3. The molecule has 1 aromatic carbocycles. The zero-order valence-corrected chi connectivity index (χ0v) is 14.1. The van der Waals surface area contributed by atoms with E-state index in [-0.39, 0.29) is 24.3 Å². The number of amides is 2. The van der Waals surface area contributed by atoms with Crippen LogP contribution in [0.1, 0.15) is 31.4 Å². The van der Waals surface area contributed by atoms with Crippen molar-refractivity contribution < 1.29 is 19.1 Å². The Morgan fingerprint density at radius 1 is 1.17 bits per heavy atom. The standard InChI is InChI=1S/C17H24N2O4/c1-11(2)18-16(20)9-17(21)19-6-5-12-7-14(22-3)15(23-4)8-13(12)10-19/h7-8,11H,5-6,9-10H2,1-4H3,(H,18,20). The Morgan fingerprint density at radius 2 is 1.78 bits per heavy atom. The molecule has 0 aliphatic carbocycles. The zero-order valence-electron chi connectivity index (χ0n) is 14.1. The van der Waals surface area contributed by atoms with E-state index >= 15 is 0 Å². The topological polar surface area (TPSA) is 67.9 Å². The second-order valence-corrected chi connectivity index (χ2v) is 5.94. The minimum atomic E-state index is -0.233. The van der Waals surface area contributed by atoms with Crippen molar-refractivity contribution in [1.82, 2.24) is 10.2 Å². The van der Waals surface area contributed by atoms with Gasteiger partial charge in [-0.1, -0.05) is 0 Å². The van der Waals surface area contributed by atoms with E-state index in [1.165, 1.54) is 0 Å². The highest BCUT2D eigenvalue weighted by molar-refractivity contribution is 5.97. The summed E-state index contributed by atoms with van der Waals surface area (Å²) < 4.78 is 10.6. The lowest BCUT2D eigenvalue weighted by Gasteiger charge is -2.29. The van der Waals surface area contributed by atoms with Crippen LogP contribution in [-0.4, -0.2) is 43.5 Å². The van der Waals surface area contributed by atoms with Crippen molar-refractivity contribution in [3.8, 4) is 11.5 Å². The van der Waals surface area contributed by atoms with Crippen molar-refractivity contribution in [3.63, 3.8) is 0 Å². The number of fused-ring (bicyclic) bond motifs is 1. The minimum Gasteiger partial charge on any atom is -0.493 e. The van der Waals surface area contributed by atoms with Crippen molar-refractivity contribution >= 4 is 11.8 Å². The van der Waals surface area contributed by atoms with Crippen molar-refractivity contribution in [1.29, 1.82) is 0 Å². The molecule has 1 aromatic rings. The SMILES string of the molecule is COc1cc2c(cc1OC)CN(C(=O)CC(=O)NC(C)C)CC2. The van der Waals surface area contributed by atoms with Crippen molar-refractivity contribution in [2.45, 2.75) is 39.3 Å². The number of carbonyl (C=O) groups is 2. The molecular formula is C17H24N2O4. The van der Waals surface area contributed by atoms with Gasteiger partial charge in [0.1, 0.15) is 6.42 Å². The number of nitrogens with zero attached hydrogens (tertiary/aromatic N) is 1. The number of carbonyl (C=O) groups excluding carboxylic acids is 2. The van der Waals surface area contributed by atoms with E-state index in [1.807, 2.05) is 26.0 Å². The molecule has 0 aromatic heterocycles. The third-order valence-corrected chi connectivity index (χ3v) is 3.83. The first-order chi connectivity index (χ1) is 10.9. The van der Waals surface area contributed by atoms with E-state index < -0.39 is 0 Å².